The van der Waals surface area contributed by atoms with E-state index in [2.05, 4.69) is 16.0 Å². The number of amidine groups is 1. The molecule has 0 atom stereocenters. The van der Waals surface area contributed by atoms with Gasteiger partial charge in [-0.25, -0.2) is 4.99 Å². The molecule has 1 aromatic heterocycles. The molecule has 1 saturated heterocycles. The number of methoxy groups -OCH3 is 1. The lowest BCUT2D eigenvalue weighted by Crippen LogP contribution is -2.40. The minimum Gasteiger partial charge on any atom is -0.497 e. The zero-order chi connectivity index (χ0) is 23.9. The van der Waals surface area contributed by atoms with Crippen LogP contribution in [0.5, 0.6) is 5.75 Å². The van der Waals surface area contributed by atoms with Crippen molar-refractivity contribution in [2.24, 2.45) is 4.99 Å². The van der Waals surface area contributed by atoms with E-state index in [1.54, 1.807) is 25.1 Å². The third-order valence-corrected chi connectivity index (χ3v) is 9.20. The van der Waals surface area contributed by atoms with E-state index in [0.29, 0.717) is 0 Å². The number of pyridine rings is 1. The van der Waals surface area contributed by atoms with Crippen LogP contribution >= 0.6 is 23.5 Å². The van der Waals surface area contributed by atoms with Crippen LogP contribution in [0.1, 0.15) is 32.1 Å². The van der Waals surface area contributed by atoms with Crippen LogP contribution in [0, 0.1) is 0 Å². The first kappa shape index (κ1) is 22.5. The molecular weight excluding hydrogens is 476 g/mol. The van der Waals surface area contributed by atoms with Gasteiger partial charge in [0.25, 0.3) is 5.91 Å². The number of hydrogen-bond donors (Lipinski definition) is 0. The van der Waals surface area contributed by atoms with Crippen LogP contribution < -0.4 is 9.64 Å². The van der Waals surface area contributed by atoms with Crippen LogP contribution in [0.15, 0.2) is 74.5 Å². The molecule has 1 amide bonds. The molecule has 3 aromatic rings. The lowest BCUT2D eigenvalue weighted by Gasteiger charge is -2.30. The van der Waals surface area contributed by atoms with Gasteiger partial charge in [0.15, 0.2) is 5.17 Å². The summed E-state index contributed by atoms with van der Waals surface area (Å²) in [5.74, 6) is 0.877. The number of carbonyl (C=O) groups excluding carboxylic acids is 1. The summed E-state index contributed by atoms with van der Waals surface area (Å²) in [6.07, 6.45) is 7.39. The summed E-state index contributed by atoms with van der Waals surface area (Å²) in [5.41, 5.74) is 2.84. The first-order chi connectivity index (χ1) is 17.1. The summed E-state index contributed by atoms with van der Waals surface area (Å²) in [6, 6.07) is 16.2. The Morgan fingerprint density at radius 3 is 2.74 bits per heavy atom. The highest BCUT2D eigenvalue weighted by atomic mass is 32.2. The molecule has 0 bridgehead atoms. The third kappa shape index (κ3) is 4.08. The number of fused-ring (bicyclic) bond motifs is 2. The minimum atomic E-state index is 0.0669. The lowest BCUT2D eigenvalue weighted by molar-refractivity contribution is -0.124. The van der Waals surface area contributed by atoms with Crippen LogP contribution in [0.4, 0.5) is 11.4 Å². The molecule has 0 unspecified atom stereocenters. The lowest BCUT2D eigenvalue weighted by atomic mass is 9.94. The van der Waals surface area contributed by atoms with Gasteiger partial charge >= 0.3 is 0 Å². The topological polar surface area (TPSA) is 58.0 Å². The number of amides is 1. The second-order valence-corrected chi connectivity index (χ2v) is 11.0. The van der Waals surface area contributed by atoms with Crippen molar-refractivity contribution in [1.29, 1.82) is 0 Å². The molecule has 1 aliphatic carbocycles. The molecule has 3 aliphatic rings. The van der Waals surface area contributed by atoms with Gasteiger partial charge in [0.1, 0.15) is 10.7 Å². The van der Waals surface area contributed by atoms with Crippen molar-refractivity contribution in [3.05, 3.63) is 64.7 Å². The highest BCUT2D eigenvalue weighted by Gasteiger charge is 2.42. The molecule has 1 saturated carbocycles. The van der Waals surface area contributed by atoms with Crippen LogP contribution in [0.3, 0.4) is 0 Å². The van der Waals surface area contributed by atoms with Crippen molar-refractivity contribution in [2.75, 3.05) is 19.1 Å². The van der Waals surface area contributed by atoms with Crippen LogP contribution in [0.25, 0.3) is 10.9 Å². The van der Waals surface area contributed by atoms with Gasteiger partial charge in [0, 0.05) is 35.6 Å². The molecule has 0 spiro atoms. The summed E-state index contributed by atoms with van der Waals surface area (Å²) in [5, 5.41) is 2.77. The van der Waals surface area contributed by atoms with Gasteiger partial charge in [0.05, 0.1) is 29.0 Å². The zero-order valence-electron chi connectivity index (χ0n) is 19.7. The van der Waals surface area contributed by atoms with Crippen LogP contribution in [0.2, 0.25) is 0 Å². The van der Waals surface area contributed by atoms with Gasteiger partial charge in [-0.05, 0) is 61.0 Å². The molecule has 2 aromatic carbocycles. The highest BCUT2D eigenvalue weighted by Crippen LogP contribution is 2.51. The number of thioether (sulfide) groups is 2. The second-order valence-electron chi connectivity index (χ2n) is 8.97. The Kier molecular flexibility index (Phi) is 5.94. The number of hydrogen-bond acceptors (Lipinski definition) is 7. The standard InChI is InChI=1S/C27H26N4O2S2/c1-30-22-16-20(33-2)11-13-23(22)34-26(30)24-25(32)31(19-8-4-3-5-9-19)27(35-24)29-18-10-12-21-17(15-18)7-6-14-28-21/h6-7,10-16,19H,3-5,8-9H2,1-2H3. The number of aromatic nitrogens is 1. The Hall–Kier alpha value is -2.97. The Morgan fingerprint density at radius 2 is 1.91 bits per heavy atom. The summed E-state index contributed by atoms with van der Waals surface area (Å²) in [7, 11) is 3.69. The monoisotopic (exact) mass is 502 g/mol. The van der Waals surface area contributed by atoms with Gasteiger partial charge in [0.2, 0.25) is 0 Å². The first-order valence-electron chi connectivity index (χ1n) is 11.9. The Balaban J connectivity index is 1.41. The molecule has 6 nitrogen and oxygen atoms in total. The second kappa shape index (κ2) is 9.24. The fourth-order valence-electron chi connectivity index (χ4n) is 4.95. The van der Waals surface area contributed by atoms with Crippen molar-refractivity contribution < 1.29 is 9.53 Å². The SMILES string of the molecule is COc1ccc2c(c1)N(C)C(=C1SC(=Nc3ccc4ncccc4c3)N(C3CCCCC3)C1=O)S2. The number of rotatable bonds is 3. The van der Waals surface area contributed by atoms with Crippen molar-refractivity contribution in [3.8, 4) is 5.75 Å². The molecule has 8 heteroatoms. The maximum Gasteiger partial charge on any atom is 0.269 e. The van der Waals surface area contributed by atoms with Crippen molar-refractivity contribution in [2.45, 2.75) is 43.0 Å². The van der Waals surface area contributed by atoms with E-state index in [9.17, 15) is 4.79 Å². The van der Waals surface area contributed by atoms with Crippen molar-refractivity contribution >= 4 is 56.9 Å². The predicted molar refractivity (Wildman–Crippen MR) is 144 cm³/mol. The van der Waals surface area contributed by atoms with E-state index in [1.807, 2.05) is 54.4 Å². The normalized spacial score (nSPS) is 21.9. The van der Waals surface area contributed by atoms with E-state index in [0.717, 1.165) is 73.7 Å². The van der Waals surface area contributed by atoms with E-state index >= 15 is 0 Å². The Morgan fingerprint density at radius 1 is 1.06 bits per heavy atom. The quantitative estimate of drug-likeness (QED) is 0.379. The number of aliphatic imine (C=N–C) groups is 1. The summed E-state index contributed by atoms with van der Waals surface area (Å²) >= 11 is 3.14. The highest BCUT2D eigenvalue weighted by molar-refractivity contribution is 8.19. The summed E-state index contributed by atoms with van der Waals surface area (Å²) < 4.78 is 5.42. The number of ether oxygens (including phenoxy) is 1. The molecule has 6 rings (SSSR count). The number of anilines is 1. The molecule has 178 valence electrons. The van der Waals surface area contributed by atoms with E-state index in [4.69, 9.17) is 9.73 Å². The van der Waals surface area contributed by atoms with E-state index in [-0.39, 0.29) is 11.9 Å². The maximum atomic E-state index is 13.9. The smallest absolute Gasteiger partial charge is 0.269 e. The molecular formula is C27H26N4O2S2. The van der Waals surface area contributed by atoms with Gasteiger partial charge in [-0.1, -0.05) is 37.1 Å². The minimum absolute atomic E-state index is 0.0669. The average molecular weight is 503 g/mol. The maximum absolute atomic E-state index is 13.9. The molecule has 2 fully saturated rings. The fourth-order valence-corrected chi connectivity index (χ4v) is 7.33. The van der Waals surface area contributed by atoms with Crippen molar-refractivity contribution in [3.63, 3.8) is 0 Å². The number of carbonyl (C=O) groups is 1. The fraction of sp³-hybridized carbons (Fsp3) is 0.296. The molecule has 0 radical (unpaired) electrons. The van der Waals surface area contributed by atoms with Gasteiger partial charge in [-0.2, -0.15) is 0 Å². The van der Waals surface area contributed by atoms with Gasteiger partial charge in [-0.15, -0.1) is 0 Å². The first-order valence-corrected chi connectivity index (χ1v) is 13.5. The largest absolute Gasteiger partial charge is 0.497 e. The number of benzene rings is 2. The Labute approximate surface area is 213 Å². The van der Waals surface area contributed by atoms with Crippen molar-refractivity contribution in [1.82, 2.24) is 9.88 Å². The van der Waals surface area contributed by atoms with E-state index in [1.165, 1.54) is 18.2 Å². The number of nitrogens with zero attached hydrogens (tertiary/aromatic N) is 4. The zero-order valence-corrected chi connectivity index (χ0v) is 21.4. The molecule has 35 heavy (non-hydrogen) atoms. The average Bonchev–Trinajstić information content (AvgIpc) is 3.39. The van der Waals surface area contributed by atoms with Crippen LogP contribution in [-0.4, -0.2) is 41.2 Å². The molecule has 2 aliphatic heterocycles. The summed E-state index contributed by atoms with van der Waals surface area (Å²) in [4.78, 5) is 29.3. The molecule has 3 heterocycles. The Bertz CT molecular complexity index is 1380. The predicted octanol–water partition coefficient (Wildman–Crippen LogP) is 6.55. The summed E-state index contributed by atoms with van der Waals surface area (Å²) in [6.45, 7) is 0. The van der Waals surface area contributed by atoms with E-state index < -0.39 is 0 Å². The van der Waals surface area contributed by atoms with Gasteiger partial charge < -0.3 is 9.64 Å². The molecule has 0 N–H and O–H groups in total. The van der Waals surface area contributed by atoms with Crippen LogP contribution in [-0.2, 0) is 4.79 Å². The van der Waals surface area contributed by atoms with Gasteiger partial charge in [-0.3, -0.25) is 14.7 Å². The third-order valence-electron chi connectivity index (χ3n) is 6.80.